The molecule has 0 aromatic carbocycles. The molecule has 0 radical (unpaired) electrons. The van der Waals surface area contributed by atoms with Crippen LogP contribution in [0.4, 0.5) is 0 Å². The Kier molecular flexibility index (Phi) is 11.9. The van der Waals surface area contributed by atoms with Crippen molar-refractivity contribution in [3.05, 3.63) is 0 Å². The van der Waals surface area contributed by atoms with Crippen LogP contribution in [0.5, 0.6) is 0 Å². The van der Waals surface area contributed by atoms with Crippen LogP contribution in [0.3, 0.4) is 0 Å². The minimum absolute atomic E-state index is 0.807. The molecule has 3 heteroatoms. The molecule has 0 heterocycles. The van der Waals surface area contributed by atoms with Crippen LogP contribution in [-0.2, 0) is 4.74 Å². The van der Waals surface area contributed by atoms with Crippen molar-refractivity contribution in [1.29, 1.82) is 0 Å². The van der Waals surface area contributed by atoms with Gasteiger partial charge in [-0.2, -0.15) is 0 Å². The van der Waals surface area contributed by atoms with E-state index in [0.29, 0.717) is 0 Å². The molecule has 0 spiro atoms. The van der Waals surface area contributed by atoms with Gasteiger partial charge in [-0.05, 0) is 19.5 Å². The Morgan fingerprint density at radius 2 is 1.87 bits per heavy atom. The molecule has 0 fully saturated rings. The molecule has 0 saturated carbocycles. The number of nitrogens with one attached hydrogen (secondary N) is 1. The van der Waals surface area contributed by atoms with E-state index in [0.717, 1.165) is 32.8 Å². The average molecular weight is 216 g/mol. The number of hydrogen-bond acceptors (Lipinski definition) is 3. The van der Waals surface area contributed by atoms with Crippen molar-refractivity contribution >= 4 is 0 Å². The van der Waals surface area contributed by atoms with Gasteiger partial charge in [-0.15, -0.1) is 0 Å². The number of unbranched alkanes of at least 4 members (excludes halogenated alkanes) is 2. The highest BCUT2D eigenvalue weighted by atomic mass is 16.5. The molecule has 0 aromatic heterocycles. The number of likely N-dealkylation sites (N-methyl/N-ethyl adjacent to an activating group) is 1. The minimum atomic E-state index is 0.807. The van der Waals surface area contributed by atoms with Crippen LogP contribution >= 0.6 is 0 Å². The summed E-state index contributed by atoms with van der Waals surface area (Å²) in [5.74, 6) is 0. The summed E-state index contributed by atoms with van der Waals surface area (Å²) in [6, 6.07) is 0. The zero-order valence-corrected chi connectivity index (χ0v) is 10.7. The first-order valence-corrected chi connectivity index (χ1v) is 6.27. The topological polar surface area (TPSA) is 24.5 Å². The first kappa shape index (κ1) is 14.9. The highest BCUT2D eigenvalue weighted by Gasteiger charge is 2.00. The van der Waals surface area contributed by atoms with Gasteiger partial charge >= 0.3 is 0 Å². The van der Waals surface area contributed by atoms with Gasteiger partial charge in [0.15, 0.2) is 0 Å². The second-order valence-electron chi connectivity index (χ2n) is 3.88. The van der Waals surface area contributed by atoms with Gasteiger partial charge in [-0.25, -0.2) is 0 Å². The predicted octanol–water partition coefficient (Wildman–Crippen LogP) is 1.73. The quantitative estimate of drug-likeness (QED) is 0.532. The van der Waals surface area contributed by atoms with Gasteiger partial charge in [0.1, 0.15) is 0 Å². The van der Waals surface area contributed by atoms with Gasteiger partial charge in [-0.3, -0.25) is 0 Å². The van der Waals surface area contributed by atoms with Crippen molar-refractivity contribution < 1.29 is 4.74 Å². The lowest BCUT2D eigenvalue weighted by Gasteiger charge is -2.20. The molecule has 0 aromatic rings. The van der Waals surface area contributed by atoms with Crippen LogP contribution in [0.1, 0.15) is 33.1 Å². The highest BCUT2D eigenvalue weighted by molar-refractivity contribution is 4.58. The molecule has 0 amide bonds. The van der Waals surface area contributed by atoms with Crippen LogP contribution in [0.2, 0.25) is 0 Å². The molecule has 3 nitrogen and oxygen atoms in total. The van der Waals surface area contributed by atoms with E-state index in [2.05, 4.69) is 24.1 Å². The number of hydrogen-bond donors (Lipinski definition) is 1. The zero-order chi connectivity index (χ0) is 11.4. The fourth-order valence-electron chi connectivity index (χ4n) is 1.55. The predicted molar refractivity (Wildman–Crippen MR) is 66.4 cm³/mol. The zero-order valence-electron chi connectivity index (χ0n) is 10.7. The van der Waals surface area contributed by atoms with Gasteiger partial charge < -0.3 is 15.0 Å². The molecule has 0 atom stereocenters. The summed E-state index contributed by atoms with van der Waals surface area (Å²) in [5.41, 5.74) is 0. The summed E-state index contributed by atoms with van der Waals surface area (Å²) in [6.45, 7) is 10.9. The van der Waals surface area contributed by atoms with Crippen LogP contribution in [0, 0.1) is 0 Å². The average Bonchev–Trinajstić information content (AvgIpc) is 2.26. The van der Waals surface area contributed by atoms with E-state index in [-0.39, 0.29) is 0 Å². The first-order valence-electron chi connectivity index (χ1n) is 6.27. The molecule has 92 valence electrons. The van der Waals surface area contributed by atoms with Crippen molar-refractivity contribution in [3.8, 4) is 0 Å². The van der Waals surface area contributed by atoms with Gasteiger partial charge in [-0.1, -0.05) is 26.7 Å². The lowest BCUT2D eigenvalue weighted by molar-refractivity contribution is 0.196. The minimum Gasteiger partial charge on any atom is -0.383 e. The summed E-state index contributed by atoms with van der Waals surface area (Å²) >= 11 is 0. The van der Waals surface area contributed by atoms with Crippen LogP contribution in [0.25, 0.3) is 0 Å². The molecular formula is C12H28N2O. The number of ether oxygens (including phenoxy) is 1. The van der Waals surface area contributed by atoms with Crippen LogP contribution < -0.4 is 5.32 Å². The Labute approximate surface area is 95.2 Å². The largest absolute Gasteiger partial charge is 0.383 e. The number of rotatable bonds is 11. The molecule has 0 saturated heterocycles. The van der Waals surface area contributed by atoms with E-state index in [1.54, 1.807) is 7.11 Å². The summed E-state index contributed by atoms with van der Waals surface area (Å²) in [6.07, 6.45) is 4.00. The monoisotopic (exact) mass is 216 g/mol. The van der Waals surface area contributed by atoms with Crippen molar-refractivity contribution in [2.24, 2.45) is 0 Å². The standard InChI is InChI=1S/C12H28N2O/c1-4-6-7-10-14(5-2)11-8-13-9-12-15-3/h13H,4-12H2,1-3H3. The lowest BCUT2D eigenvalue weighted by Crippen LogP contribution is -2.33. The Bertz CT molecular complexity index is 120. The van der Waals surface area contributed by atoms with E-state index in [1.807, 2.05) is 0 Å². The maximum absolute atomic E-state index is 4.98. The molecule has 0 aliphatic heterocycles. The third-order valence-electron chi connectivity index (χ3n) is 2.61. The van der Waals surface area contributed by atoms with Crippen molar-refractivity contribution in [2.75, 3.05) is 46.4 Å². The van der Waals surface area contributed by atoms with E-state index in [4.69, 9.17) is 4.74 Å². The fraction of sp³-hybridized carbons (Fsp3) is 1.00. The Hall–Kier alpha value is -0.120. The fourth-order valence-corrected chi connectivity index (χ4v) is 1.55. The third-order valence-corrected chi connectivity index (χ3v) is 2.61. The van der Waals surface area contributed by atoms with Gasteiger partial charge in [0.2, 0.25) is 0 Å². The number of methoxy groups -OCH3 is 1. The smallest absolute Gasteiger partial charge is 0.0587 e. The second-order valence-corrected chi connectivity index (χ2v) is 3.88. The Morgan fingerprint density at radius 3 is 2.47 bits per heavy atom. The van der Waals surface area contributed by atoms with E-state index < -0.39 is 0 Å². The summed E-state index contributed by atoms with van der Waals surface area (Å²) in [4.78, 5) is 2.51. The molecule has 0 aliphatic carbocycles. The molecule has 0 bridgehead atoms. The Balaban J connectivity index is 3.28. The third kappa shape index (κ3) is 10.2. The van der Waals surface area contributed by atoms with Crippen molar-refractivity contribution in [2.45, 2.75) is 33.1 Å². The van der Waals surface area contributed by atoms with Gasteiger partial charge in [0, 0.05) is 26.7 Å². The van der Waals surface area contributed by atoms with Crippen LogP contribution in [0.15, 0.2) is 0 Å². The Morgan fingerprint density at radius 1 is 1.07 bits per heavy atom. The van der Waals surface area contributed by atoms with E-state index in [9.17, 15) is 0 Å². The maximum Gasteiger partial charge on any atom is 0.0587 e. The summed E-state index contributed by atoms with van der Waals surface area (Å²) in [5, 5.41) is 3.37. The highest BCUT2D eigenvalue weighted by Crippen LogP contribution is 1.97. The molecule has 0 unspecified atom stereocenters. The molecule has 0 aliphatic rings. The molecular weight excluding hydrogens is 188 g/mol. The van der Waals surface area contributed by atoms with Gasteiger partial charge in [0.25, 0.3) is 0 Å². The second kappa shape index (κ2) is 12.0. The molecule has 0 rings (SSSR count). The molecule has 15 heavy (non-hydrogen) atoms. The van der Waals surface area contributed by atoms with E-state index >= 15 is 0 Å². The summed E-state index contributed by atoms with van der Waals surface area (Å²) < 4.78 is 4.98. The lowest BCUT2D eigenvalue weighted by atomic mass is 10.2. The first-order chi connectivity index (χ1) is 7.35. The van der Waals surface area contributed by atoms with Crippen molar-refractivity contribution in [1.82, 2.24) is 10.2 Å². The van der Waals surface area contributed by atoms with E-state index in [1.165, 1.54) is 25.8 Å². The van der Waals surface area contributed by atoms with Gasteiger partial charge in [0.05, 0.1) is 6.61 Å². The molecule has 1 N–H and O–H groups in total. The van der Waals surface area contributed by atoms with Crippen LogP contribution in [-0.4, -0.2) is 51.3 Å². The summed E-state index contributed by atoms with van der Waals surface area (Å²) in [7, 11) is 1.74. The number of nitrogens with zero attached hydrogens (tertiary/aromatic N) is 1. The normalized spacial score (nSPS) is 11.2. The van der Waals surface area contributed by atoms with Crippen molar-refractivity contribution in [3.63, 3.8) is 0 Å². The maximum atomic E-state index is 4.98. The SMILES string of the molecule is CCCCCN(CC)CCNCCOC.